The van der Waals surface area contributed by atoms with E-state index in [2.05, 4.69) is 22.5 Å². The molecule has 8 nitrogen and oxygen atoms in total. The van der Waals surface area contributed by atoms with Crippen LogP contribution < -0.4 is 9.64 Å². The minimum atomic E-state index is -1.12. The van der Waals surface area contributed by atoms with E-state index in [0.717, 1.165) is 19.4 Å². The molecule has 3 saturated heterocycles. The van der Waals surface area contributed by atoms with Crippen molar-refractivity contribution in [2.75, 3.05) is 44.2 Å². The summed E-state index contributed by atoms with van der Waals surface area (Å²) in [5.74, 6) is -3.07. The number of hydrogen-bond acceptors (Lipinski definition) is 7. The number of nitriles is 1. The largest absolute Gasteiger partial charge is 0.461 e. The van der Waals surface area contributed by atoms with Crippen molar-refractivity contribution in [3.8, 4) is 23.2 Å². The summed E-state index contributed by atoms with van der Waals surface area (Å²) in [6.07, 6.45) is 0.908. The lowest BCUT2D eigenvalue weighted by atomic mass is 9.95. The molecule has 3 aromatic carbocycles. The zero-order chi connectivity index (χ0) is 33.7. The Morgan fingerprint density at radius 1 is 1.10 bits per heavy atom. The molecule has 4 aromatic rings. The van der Waals surface area contributed by atoms with E-state index in [0.29, 0.717) is 40.5 Å². The van der Waals surface area contributed by atoms with Crippen molar-refractivity contribution in [2.24, 2.45) is 0 Å². The summed E-state index contributed by atoms with van der Waals surface area (Å²) in [5.41, 5.74) is -0.0833. The number of fused-ring (bicyclic) bond motifs is 3. The van der Waals surface area contributed by atoms with Gasteiger partial charge in [-0.2, -0.15) is 15.2 Å². The van der Waals surface area contributed by atoms with Gasteiger partial charge in [-0.3, -0.25) is 9.69 Å². The molecule has 0 unspecified atom stereocenters. The topological polar surface area (TPSA) is 85.6 Å². The Hall–Kier alpha value is -4.47. The molecule has 7 rings (SSSR count). The summed E-state index contributed by atoms with van der Waals surface area (Å²) >= 11 is 6.39. The zero-order valence-electron chi connectivity index (χ0n) is 25.9. The van der Waals surface area contributed by atoms with Gasteiger partial charge in [0.05, 0.1) is 29.1 Å². The maximum atomic E-state index is 16.8. The van der Waals surface area contributed by atoms with Crippen LogP contribution in [0.5, 0.6) is 6.01 Å². The van der Waals surface area contributed by atoms with Crippen LogP contribution >= 0.6 is 11.6 Å². The predicted octanol–water partition coefficient (Wildman–Crippen LogP) is 6.75. The van der Waals surface area contributed by atoms with Gasteiger partial charge in [0, 0.05) is 48.9 Å². The average molecular weight is 679 g/mol. The van der Waals surface area contributed by atoms with Gasteiger partial charge in [0.25, 0.3) is 5.91 Å². The molecule has 4 heterocycles. The molecule has 3 aliphatic rings. The quantitative estimate of drug-likeness (QED) is 0.158. The standard InChI is InChI=1S/C35H31ClF4N6O2/c1-20(37)33(47)46-15-14-44(18-23(46)10-12-41)32-26-8-7-25(24-5-2-4-21-6-9-27(39)29(36)28(21)24)30(40)31(26)42-34(43-32)48-19-35-11-3-13-45(35)17-22(38)16-35/h2,4-9,22-23H,1,3,10-11,13-19H2/t22-,23+,35+/m1/s1. The van der Waals surface area contributed by atoms with E-state index in [1.54, 1.807) is 41.3 Å². The van der Waals surface area contributed by atoms with Crippen LogP contribution in [0.2, 0.25) is 5.02 Å². The Morgan fingerprint density at radius 3 is 2.73 bits per heavy atom. The van der Waals surface area contributed by atoms with E-state index in [1.807, 2.05) is 0 Å². The molecular formula is C35H31ClF4N6O2. The van der Waals surface area contributed by atoms with Crippen molar-refractivity contribution in [3.05, 3.63) is 71.5 Å². The van der Waals surface area contributed by atoms with E-state index in [9.17, 15) is 23.2 Å². The molecule has 0 saturated carbocycles. The number of aromatic nitrogens is 2. The third-order valence-electron chi connectivity index (χ3n) is 9.82. The van der Waals surface area contributed by atoms with Gasteiger partial charge in [-0.05, 0) is 42.5 Å². The SMILES string of the molecule is C=C(F)C(=O)N1CCN(c2nc(OC[C@@]34CCCN3C[C@H](F)C4)nc3c(F)c(-c4cccc5ccc(F)c(Cl)c45)ccc23)C[C@@H]1CC#N. The molecule has 0 radical (unpaired) electrons. The highest BCUT2D eigenvalue weighted by Gasteiger charge is 2.49. The lowest BCUT2D eigenvalue weighted by Crippen LogP contribution is -2.55. The first-order valence-corrected chi connectivity index (χ1v) is 16.1. The lowest BCUT2D eigenvalue weighted by molar-refractivity contribution is -0.131. The fourth-order valence-corrected chi connectivity index (χ4v) is 7.85. The Kier molecular flexibility index (Phi) is 8.37. The second kappa shape index (κ2) is 12.5. The summed E-state index contributed by atoms with van der Waals surface area (Å²) in [6, 6.07) is 12.4. The highest BCUT2D eigenvalue weighted by molar-refractivity contribution is 6.37. The molecule has 13 heteroatoms. The van der Waals surface area contributed by atoms with E-state index in [-0.39, 0.29) is 54.8 Å². The summed E-state index contributed by atoms with van der Waals surface area (Å²) < 4.78 is 65.9. The molecule has 0 aliphatic carbocycles. The molecule has 1 amide bonds. The molecule has 0 N–H and O–H groups in total. The van der Waals surface area contributed by atoms with Gasteiger partial charge in [0.15, 0.2) is 11.6 Å². The summed E-state index contributed by atoms with van der Waals surface area (Å²) in [4.78, 5) is 26.9. The molecule has 3 aliphatic heterocycles. The molecule has 3 atom stereocenters. The second-order valence-electron chi connectivity index (χ2n) is 12.6. The van der Waals surface area contributed by atoms with Crippen LogP contribution in [0.4, 0.5) is 23.4 Å². The average Bonchev–Trinajstić information content (AvgIpc) is 3.60. The third-order valence-corrected chi connectivity index (χ3v) is 10.2. The van der Waals surface area contributed by atoms with Crippen molar-refractivity contribution in [1.29, 1.82) is 5.26 Å². The lowest BCUT2D eigenvalue weighted by Gasteiger charge is -2.41. The second-order valence-corrected chi connectivity index (χ2v) is 13.0. The number of carbonyl (C=O) groups excluding carboxylic acids is 1. The van der Waals surface area contributed by atoms with Gasteiger partial charge in [-0.25, -0.2) is 17.6 Å². The fourth-order valence-electron chi connectivity index (χ4n) is 7.57. The van der Waals surface area contributed by atoms with Crippen molar-refractivity contribution in [1.82, 2.24) is 19.8 Å². The van der Waals surface area contributed by atoms with E-state index in [4.69, 9.17) is 21.3 Å². The van der Waals surface area contributed by atoms with Gasteiger partial charge in [0.1, 0.15) is 29.9 Å². The van der Waals surface area contributed by atoms with Crippen LogP contribution in [-0.2, 0) is 4.79 Å². The first kappa shape index (κ1) is 32.1. The number of alkyl halides is 1. The van der Waals surface area contributed by atoms with E-state index < -0.39 is 41.1 Å². The molecule has 248 valence electrons. The third kappa shape index (κ3) is 5.48. The van der Waals surface area contributed by atoms with E-state index in [1.165, 1.54) is 11.0 Å². The molecule has 3 fully saturated rings. The summed E-state index contributed by atoms with van der Waals surface area (Å²) in [6.45, 7) is 4.66. The summed E-state index contributed by atoms with van der Waals surface area (Å²) in [5, 5.41) is 10.7. The van der Waals surface area contributed by atoms with Crippen molar-refractivity contribution in [2.45, 2.75) is 43.4 Å². The Morgan fingerprint density at radius 2 is 1.94 bits per heavy atom. The number of amides is 1. The molecule has 0 bridgehead atoms. The number of nitrogens with zero attached hydrogens (tertiary/aromatic N) is 6. The number of carbonyl (C=O) groups is 1. The van der Waals surface area contributed by atoms with Crippen LogP contribution in [0.15, 0.2) is 54.9 Å². The van der Waals surface area contributed by atoms with Gasteiger partial charge in [-0.15, -0.1) is 0 Å². The van der Waals surface area contributed by atoms with Gasteiger partial charge in [-0.1, -0.05) is 48.5 Å². The molecule has 1 aromatic heterocycles. The smallest absolute Gasteiger partial charge is 0.319 e. The van der Waals surface area contributed by atoms with Crippen molar-refractivity contribution < 1.29 is 27.1 Å². The van der Waals surface area contributed by atoms with Crippen molar-refractivity contribution in [3.63, 3.8) is 0 Å². The van der Waals surface area contributed by atoms with Crippen LogP contribution in [0.3, 0.4) is 0 Å². The minimum Gasteiger partial charge on any atom is -0.461 e. The van der Waals surface area contributed by atoms with Crippen LogP contribution in [-0.4, -0.2) is 82.8 Å². The first-order chi connectivity index (χ1) is 23.1. The monoisotopic (exact) mass is 678 g/mol. The van der Waals surface area contributed by atoms with Crippen LogP contribution in [0, 0.1) is 23.0 Å². The van der Waals surface area contributed by atoms with Crippen LogP contribution in [0.25, 0.3) is 32.8 Å². The number of benzene rings is 3. The van der Waals surface area contributed by atoms with Crippen molar-refractivity contribution >= 4 is 45.0 Å². The van der Waals surface area contributed by atoms with Gasteiger partial charge < -0.3 is 14.5 Å². The maximum Gasteiger partial charge on any atom is 0.319 e. The minimum absolute atomic E-state index is 0.0619. The predicted molar refractivity (Wildman–Crippen MR) is 174 cm³/mol. The summed E-state index contributed by atoms with van der Waals surface area (Å²) in [7, 11) is 0. The number of halogens is 5. The first-order valence-electron chi connectivity index (χ1n) is 15.8. The molecule has 48 heavy (non-hydrogen) atoms. The maximum absolute atomic E-state index is 16.8. The molecule has 0 spiro atoms. The number of ether oxygens (including phenoxy) is 1. The fraction of sp³-hybridized carbons (Fsp3) is 0.371. The highest BCUT2D eigenvalue weighted by Crippen LogP contribution is 2.42. The van der Waals surface area contributed by atoms with Crippen LogP contribution in [0.1, 0.15) is 25.7 Å². The normalized spacial score (nSPS) is 22.7. The Bertz CT molecular complexity index is 2010. The highest BCUT2D eigenvalue weighted by atomic mass is 35.5. The van der Waals surface area contributed by atoms with Gasteiger partial charge in [0.2, 0.25) is 0 Å². The van der Waals surface area contributed by atoms with E-state index >= 15 is 4.39 Å². The number of hydrogen-bond donors (Lipinski definition) is 0. The number of piperazine rings is 1. The Labute approximate surface area is 279 Å². The number of anilines is 1. The van der Waals surface area contributed by atoms with Gasteiger partial charge >= 0.3 is 6.01 Å². The molecular weight excluding hydrogens is 648 g/mol. The zero-order valence-corrected chi connectivity index (χ0v) is 26.6. The number of rotatable bonds is 7. The Balaban J connectivity index is 1.34.